The summed E-state index contributed by atoms with van der Waals surface area (Å²) in [5.74, 6) is -0.300. The van der Waals surface area contributed by atoms with Crippen LogP contribution in [0.3, 0.4) is 0 Å². The van der Waals surface area contributed by atoms with E-state index < -0.39 is 11.4 Å². The second kappa shape index (κ2) is 6.66. The van der Waals surface area contributed by atoms with E-state index in [-0.39, 0.29) is 11.6 Å². The average Bonchev–Trinajstić information content (AvgIpc) is 2.31. The smallest absolute Gasteiger partial charge is 0.319 e. The van der Waals surface area contributed by atoms with Gasteiger partial charge in [-0.2, -0.15) is 0 Å². The highest BCUT2D eigenvalue weighted by Crippen LogP contribution is 2.39. The first kappa shape index (κ1) is 14.9. The fraction of sp³-hybridized carbons (Fsp3) is 0.786. The van der Waals surface area contributed by atoms with Crippen LogP contribution >= 0.6 is 0 Å². The number of hydrogen-bond acceptors (Lipinski definition) is 4. The second-order valence-electron chi connectivity index (χ2n) is 4.99. The van der Waals surface area contributed by atoms with Crippen LogP contribution in [0.4, 0.5) is 0 Å². The maximum absolute atomic E-state index is 12.1. The van der Waals surface area contributed by atoms with E-state index in [9.17, 15) is 14.4 Å². The average molecular weight is 254 g/mol. The van der Waals surface area contributed by atoms with Gasteiger partial charge in [-0.05, 0) is 39.5 Å². The van der Waals surface area contributed by atoms with Gasteiger partial charge in [0.15, 0.2) is 0 Å². The third-order valence-electron chi connectivity index (χ3n) is 3.59. The molecule has 0 spiro atoms. The Balaban J connectivity index is 2.76. The third-order valence-corrected chi connectivity index (χ3v) is 3.59. The molecule has 1 aliphatic rings. The molecule has 1 saturated carbocycles. The van der Waals surface area contributed by atoms with E-state index >= 15 is 0 Å². The number of Topliss-reactive ketones (excluding diaryl/α,β-unsaturated/α-hetero) is 2. The number of esters is 1. The molecular weight excluding hydrogens is 232 g/mol. The van der Waals surface area contributed by atoms with Crippen LogP contribution in [0.25, 0.3) is 0 Å². The number of ketones is 2. The Labute approximate surface area is 108 Å². The quantitative estimate of drug-likeness (QED) is 0.539. The molecule has 18 heavy (non-hydrogen) atoms. The Kier molecular flexibility index (Phi) is 5.51. The van der Waals surface area contributed by atoms with Gasteiger partial charge in [-0.25, -0.2) is 0 Å². The third kappa shape index (κ3) is 3.40. The van der Waals surface area contributed by atoms with Gasteiger partial charge < -0.3 is 9.53 Å². The van der Waals surface area contributed by atoms with Crippen LogP contribution in [-0.4, -0.2) is 24.1 Å². The fourth-order valence-corrected chi connectivity index (χ4v) is 2.58. The molecule has 1 rings (SSSR count). The van der Waals surface area contributed by atoms with Crippen LogP contribution in [0, 0.1) is 5.41 Å². The lowest BCUT2D eigenvalue weighted by Gasteiger charge is -2.33. The second-order valence-corrected chi connectivity index (χ2v) is 4.99. The lowest BCUT2D eigenvalue weighted by atomic mass is 9.70. The Bertz CT molecular complexity index is 335. The normalized spacial score (nSPS) is 23.8. The number of carbonyl (C=O) groups is 3. The summed E-state index contributed by atoms with van der Waals surface area (Å²) in [7, 11) is 0. The lowest BCUT2D eigenvalue weighted by molar-refractivity contribution is -0.163. The summed E-state index contributed by atoms with van der Waals surface area (Å²) in [4.78, 5) is 35.2. The van der Waals surface area contributed by atoms with Gasteiger partial charge in [0.2, 0.25) is 0 Å². The van der Waals surface area contributed by atoms with Crippen LogP contribution in [0.15, 0.2) is 0 Å². The van der Waals surface area contributed by atoms with Crippen LogP contribution in [0.5, 0.6) is 0 Å². The van der Waals surface area contributed by atoms with Crippen molar-refractivity contribution in [3.05, 3.63) is 0 Å². The van der Waals surface area contributed by atoms with Crippen molar-refractivity contribution in [2.24, 2.45) is 5.41 Å². The minimum absolute atomic E-state index is 0.00393. The van der Waals surface area contributed by atoms with Crippen molar-refractivity contribution in [1.29, 1.82) is 0 Å². The van der Waals surface area contributed by atoms with Gasteiger partial charge in [0.1, 0.15) is 17.0 Å². The summed E-state index contributed by atoms with van der Waals surface area (Å²) in [6, 6.07) is 0. The van der Waals surface area contributed by atoms with E-state index in [0.717, 1.165) is 12.8 Å². The van der Waals surface area contributed by atoms with E-state index in [4.69, 9.17) is 4.74 Å². The molecule has 4 nitrogen and oxygen atoms in total. The first-order valence-corrected chi connectivity index (χ1v) is 6.73. The van der Waals surface area contributed by atoms with E-state index in [2.05, 4.69) is 0 Å². The molecule has 0 aliphatic heterocycles. The van der Waals surface area contributed by atoms with Crippen molar-refractivity contribution in [1.82, 2.24) is 0 Å². The van der Waals surface area contributed by atoms with Crippen molar-refractivity contribution in [3.63, 3.8) is 0 Å². The summed E-state index contributed by atoms with van der Waals surface area (Å²) >= 11 is 0. The molecule has 1 atom stereocenters. The highest BCUT2D eigenvalue weighted by atomic mass is 16.5. The molecule has 0 aromatic rings. The SMILES string of the molecule is CCOC(=O)C1(CCCC(C)=O)CCCCC1=O. The Hall–Kier alpha value is -1.19. The van der Waals surface area contributed by atoms with E-state index in [0.29, 0.717) is 38.7 Å². The molecule has 0 heterocycles. The van der Waals surface area contributed by atoms with Gasteiger partial charge in [-0.15, -0.1) is 0 Å². The van der Waals surface area contributed by atoms with Crippen molar-refractivity contribution in [3.8, 4) is 0 Å². The van der Waals surface area contributed by atoms with Crippen molar-refractivity contribution in [2.75, 3.05) is 6.61 Å². The van der Waals surface area contributed by atoms with Gasteiger partial charge in [0, 0.05) is 12.8 Å². The highest BCUT2D eigenvalue weighted by Gasteiger charge is 2.47. The van der Waals surface area contributed by atoms with Gasteiger partial charge in [-0.3, -0.25) is 9.59 Å². The van der Waals surface area contributed by atoms with Crippen LogP contribution < -0.4 is 0 Å². The van der Waals surface area contributed by atoms with Gasteiger partial charge in [0.25, 0.3) is 0 Å². The van der Waals surface area contributed by atoms with Gasteiger partial charge in [-0.1, -0.05) is 6.42 Å². The molecule has 1 unspecified atom stereocenters. The van der Waals surface area contributed by atoms with E-state index in [1.54, 1.807) is 6.92 Å². The topological polar surface area (TPSA) is 60.4 Å². The van der Waals surface area contributed by atoms with E-state index in [1.807, 2.05) is 0 Å². The van der Waals surface area contributed by atoms with Crippen LogP contribution in [0.2, 0.25) is 0 Å². The van der Waals surface area contributed by atoms with Crippen LogP contribution in [-0.2, 0) is 19.1 Å². The zero-order valence-electron chi connectivity index (χ0n) is 11.3. The maximum atomic E-state index is 12.1. The number of carbonyl (C=O) groups excluding carboxylic acids is 3. The molecule has 0 bridgehead atoms. The minimum atomic E-state index is -0.969. The number of rotatable bonds is 6. The zero-order valence-corrected chi connectivity index (χ0v) is 11.3. The molecule has 0 radical (unpaired) electrons. The molecule has 1 aliphatic carbocycles. The molecule has 102 valence electrons. The number of ether oxygens (including phenoxy) is 1. The number of hydrogen-bond donors (Lipinski definition) is 0. The highest BCUT2D eigenvalue weighted by molar-refractivity contribution is 6.04. The molecule has 0 N–H and O–H groups in total. The molecule has 1 fully saturated rings. The van der Waals surface area contributed by atoms with Crippen LogP contribution in [0.1, 0.15) is 58.8 Å². The van der Waals surface area contributed by atoms with Crippen molar-refractivity contribution < 1.29 is 19.1 Å². The predicted octanol–water partition coefficient (Wildman–Crippen LogP) is 2.44. The zero-order chi connectivity index (χ0) is 13.6. The summed E-state index contributed by atoms with van der Waals surface area (Å²) in [6.45, 7) is 3.56. The Morgan fingerprint density at radius 1 is 1.33 bits per heavy atom. The molecule has 0 amide bonds. The Morgan fingerprint density at radius 3 is 2.61 bits per heavy atom. The first-order valence-electron chi connectivity index (χ1n) is 6.73. The summed E-state index contributed by atoms with van der Waals surface area (Å²) in [6.07, 6.45) is 4.22. The maximum Gasteiger partial charge on any atom is 0.319 e. The van der Waals surface area contributed by atoms with Gasteiger partial charge in [0.05, 0.1) is 6.61 Å². The summed E-state index contributed by atoms with van der Waals surface area (Å²) < 4.78 is 5.07. The molecule has 0 aromatic heterocycles. The largest absolute Gasteiger partial charge is 0.465 e. The summed E-state index contributed by atoms with van der Waals surface area (Å²) in [5, 5.41) is 0. The monoisotopic (exact) mass is 254 g/mol. The predicted molar refractivity (Wildman–Crippen MR) is 67.1 cm³/mol. The lowest BCUT2D eigenvalue weighted by Crippen LogP contribution is -2.43. The van der Waals surface area contributed by atoms with E-state index in [1.165, 1.54) is 6.92 Å². The Morgan fingerprint density at radius 2 is 2.06 bits per heavy atom. The van der Waals surface area contributed by atoms with Crippen molar-refractivity contribution in [2.45, 2.75) is 58.8 Å². The molecular formula is C14H22O4. The summed E-state index contributed by atoms with van der Waals surface area (Å²) in [5.41, 5.74) is -0.969. The molecule has 0 saturated heterocycles. The fourth-order valence-electron chi connectivity index (χ4n) is 2.58. The molecule has 4 heteroatoms. The minimum Gasteiger partial charge on any atom is -0.465 e. The van der Waals surface area contributed by atoms with Crippen molar-refractivity contribution >= 4 is 17.5 Å². The molecule has 0 aromatic carbocycles. The van der Waals surface area contributed by atoms with Gasteiger partial charge >= 0.3 is 5.97 Å². The first-order chi connectivity index (χ1) is 8.53. The standard InChI is InChI=1S/C14H22O4/c1-3-18-13(17)14(10-6-7-11(2)15)9-5-4-8-12(14)16/h3-10H2,1-2H3.